The van der Waals surface area contributed by atoms with Gasteiger partial charge >= 0.3 is 6.18 Å². The molecule has 0 amide bonds. The summed E-state index contributed by atoms with van der Waals surface area (Å²) < 4.78 is 44.9. The maximum absolute atomic E-state index is 13.3. The molecule has 1 aromatic carbocycles. The quantitative estimate of drug-likeness (QED) is 0.844. The van der Waals surface area contributed by atoms with Gasteiger partial charge in [0.25, 0.3) is 0 Å². The lowest BCUT2D eigenvalue weighted by atomic mass is 9.99. The molecule has 1 aliphatic rings. The fraction of sp³-hybridized carbons (Fsp3) is 0.412. The van der Waals surface area contributed by atoms with Crippen molar-refractivity contribution in [3.63, 3.8) is 0 Å². The summed E-state index contributed by atoms with van der Waals surface area (Å²) in [6.45, 7) is 3.25. The van der Waals surface area contributed by atoms with Gasteiger partial charge in [0, 0.05) is 31.1 Å². The smallest absolute Gasteiger partial charge is 0.416 e. The molecule has 1 saturated heterocycles. The minimum Gasteiger partial charge on any atom is -0.497 e. The highest BCUT2D eigenvalue weighted by molar-refractivity contribution is 7.10. The van der Waals surface area contributed by atoms with Gasteiger partial charge in [-0.05, 0) is 35.2 Å². The van der Waals surface area contributed by atoms with Crippen molar-refractivity contribution in [2.24, 2.45) is 0 Å². The van der Waals surface area contributed by atoms with E-state index in [1.807, 2.05) is 17.5 Å². The molecule has 1 aliphatic heterocycles. The van der Waals surface area contributed by atoms with Crippen LogP contribution in [0.25, 0.3) is 0 Å². The van der Waals surface area contributed by atoms with Gasteiger partial charge in [-0.15, -0.1) is 23.7 Å². The van der Waals surface area contributed by atoms with E-state index in [2.05, 4.69) is 10.2 Å². The summed E-state index contributed by atoms with van der Waals surface area (Å²) in [6, 6.07) is 7.72. The van der Waals surface area contributed by atoms with Crippen molar-refractivity contribution in [1.29, 1.82) is 0 Å². The zero-order chi connectivity index (χ0) is 17.2. The number of halogens is 4. The number of benzene rings is 1. The standard InChI is InChI=1S/C17H19F3N2OS.ClH/c1-23-14-10-12(9-13(11-14)17(18,19)20)16(15-3-2-8-24-15)22-6-4-21-5-7-22;/h2-3,8-11,16,21H,4-7H2,1H3;1H/t16-;/m0./s1. The van der Waals surface area contributed by atoms with Crippen molar-refractivity contribution in [1.82, 2.24) is 10.2 Å². The van der Waals surface area contributed by atoms with Gasteiger partial charge in [-0.1, -0.05) is 6.07 Å². The molecule has 3 nitrogen and oxygen atoms in total. The zero-order valence-electron chi connectivity index (χ0n) is 13.7. The first kappa shape index (κ1) is 20.0. The number of hydrogen-bond acceptors (Lipinski definition) is 4. The third kappa shape index (κ3) is 4.67. The summed E-state index contributed by atoms with van der Waals surface area (Å²) in [5, 5.41) is 5.24. The highest BCUT2D eigenvalue weighted by Gasteiger charge is 2.33. The molecule has 0 saturated carbocycles. The van der Waals surface area contributed by atoms with Crippen LogP contribution < -0.4 is 10.1 Å². The second kappa shape index (κ2) is 8.40. The van der Waals surface area contributed by atoms with E-state index in [0.717, 1.165) is 37.1 Å². The summed E-state index contributed by atoms with van der Waals surface area (Å²) in [6.07, 6.45) is -4.40. The minimum atomic E-state index is -4.40. The monoisotopic (exact) mass is 392 g/mol. The summed E-state index contributed by atoms with van der Waals surface area (Å²) in [5.74, 6) is 0.233. The highest BCUT2D eigenvalue weighted by Crippen LogP contribution is 2.38. The first-order valence-electron chi connectivity index (χ1n) is 7.73. The molecule has 0 bridgehead atoms. The maximum atomic E-state index is 13.3. The topological polar surface area (TPSA) is 24.5 Å². The number of rotatable bonds is 4. The van der Waals surface area contributed by atoms with Gasteiger partial charge in [0.2, 0.25) is 0 Å². The minimum absolute atomic E-state index is 0. The van der Waals surface area contributed by atoms with E-state index in [-0.39, 0.29) is 24.2 Å². The van der Waals surface area contributed by atoms with Crippen LogP contribution >= 0.6 is 23.7 Å². The van der Waals surface area contributed by atoms with Crippen molar-refractivity contribution in [3.8, 4) is 5.75 Å². The van der Waals surface area contributed by atoms with Gasteiger partial charge in [0.05, 0.1) is 18.7 Å². The molecule has 2 aromatic rings. The maximum Gasteiger partial charge on any atom is 0.416 e. The van der Waals surface area contributed by atoms with Crippen LogP contribution in [0.1, 0.15) is 22.0 Å². The molecule has 138 valence electrons. The molecule has 2 heterocycles. The van der Waals surface area contributed by atoms with E-state index in [1.54, 1.807) is 17.4 Å². The molecule has 0 spiro atoms. The molecule has 8 heteroatoms. The van der Waals surface area contributed by atoms with Gasteiger partial charge in [0.15, 0.2) is 0 Å². The molecule has 1 fully saturated rings. The number of methoxy groups -OCH3 is 1. The van der Waals surface area contributed by atoms with Crippen LogP contribution in [0, 0.1) is 0 Å². The molecule has 1 atom stereocenters. The van der Waals surface area contributed by atoms with Crippen LogP contribution in [-0.4, -0.2) is 38.2 Å². The third-order valence-electron chi connectivity index (χ3n) is 4.14. The third-order valence-corrected chi connectivity index (χ3v) is 5.06. The van der Waals surface area contributed by atoms with Crippen LogP contribution in [0.5, 0.6) is 5.75 Å². The Morgan fingerprint density at radius 3 is 2.48 bits per heavy atom. The van der Waals surface area contributed by atoms with Crippen LogP contribution in [0.2, 0.25) is 0 Å². The number of ether oxygens (including phenoxy) is 1. The van der Waals surface area contributed by atoms with Crippen molar-refractivity contribution in [3.05, 3.63) is 51.7 Å². The van der Waals surface area contributed by atoms with Crippen molar-refractivity contribution < 1.29 is 17.9 Å². The Morgan fingerprint density at radius 1 is 1.20 bits per heavy atom. The first-order chi connectivity index (χ1) is 11.5. The van der Waals surface area contributed by atoms with Crippen LogP contribution in [0.15, 0.2) is 35.7 Å². The molecule has 0 unspecified atom stereocenters. The van der Waals surface area contributed by atoms with E-state index >= 15 is 0 Å². The number of nitrogens with one attached hydrogen (secondary N) is 1. The van der Waals surface area contributed by atoms with Gasteiger partial charge in [-0.3, -0.25) is 4.90 Å². The van der Waals surface area contributed by atoms with Crippen LogP contribution in [0.3, 0.4) is 0 Å². The number of nitrogens with zero attached hydrogens (tertiary/aromatic N) is 1. The molecule has 0 aliphatic carbocycles. The number of piperazine rings is 1. The number of alkyl halides is 3. The Hall–Kier alpha value is -1.28. The predicted octanol–water partition coefficient (Wildman–Crippen LogP) is 4.19. The first-order valence-corrected chi connectivity index (χ1v) is 8.61. The fourth-order valence-corrected chi connectivity index (χ4v) is 3.89. The molecular weight excluding hydrogens is 373 g/mol. The predicted molar refractivity (Wildman–Crippen MR) is 95.8 cm³/mol. The highest BCUT2D eigenvalue weighted by atomic mass is 35.5. The van der Waals surface area contributed by atoms with E-state index < -0.39 is 11.7 Å². The van der Waals surface area contributed by atoms with E-state index in [9.17, 15) is 13.2 Å². The molecule has 1 N–H and O–H groups in total. The lowest BCUT2D eigenvalue weighted by molar-refractivity contribution is -0.137. The van der Waals surface area contributed by atoms with Crippen molar-refractivity contribution >= 4 is 23.7 Å². The average Bonchev–Trinajstić information content (AvgIpc) is 3.09. The average molecular weight is 393 g/mol. The summed E-state index contributed by atoms with van der Waals surface area (Å²) in [4.78, 5) is 3.26. The van der Waals surface area contributed by atoms with E-state index in [1.165, 1.54) is 13.2 Å². The second-order valence-corrected chi connectivity index (χ2v) is 6.68. The van der Waals surface area contributed by atoms with E-state index in [0.29, 0.717) is 5.56 Å². The summed E-state index contributed by atoms with van der Waals surface area (Å²) in [7, 11) is 1.39. The van der Waals surface area contributed by atoms with E-state index in [4.69, 9.17) is 4.74 Å². The van der Waals surface area contributed by atoms with Crippen LogP contribution in [0.4, 0.5) is 13.2 Å². The molecule has 0 radical (unpaired) electrons. The van der Waals surface area contributed by atoms with Crippen molar-refractivity contribution in [2.75, 3.05) is 33.3 Å². The largest absolute Gasteiger partial charge is 0.497 e. The Bertz CT molecular complexity index is 673. The number of hydrogen-bond donors (Lipinski definition) is 1. The molecule has 3 rings (SSSR count). The SMILES string of the molecule is COc1cc([C@@H](c2cccs2)N2CCNCC2)cc(C(F)(F)F)c1.Cl. The van der Waals surface area contributed by atoms with Crippen molar-refractivity contribution in [2.45, 2.75) is 12.2 Å². The molecule has 25 heavy (non-hydrogen) atoms. The Labute approximate surface area is 155 Å². The molecular formula is C17H20ClF3N2OS. The van der Waals surface area contributed by atoms with Gasteiger partial charge < -0.3 is 10.1 Å². The Morgan fingerprint density at radius 2 is 1.92 bits per heavy atom. The summed E-state index contributed by atoms with van der Waals surface area (Å²) >= 11 is 1.56. The summed E-state index contributed by atoms with van der Waals surface area (Å²) in [5.41, 5.74) is -0.0560. The second-order valence-electron chi connectivity index (χ2n) is 5.70. The van der Waals surface area contributed by atoms with Gasteiger partial charge in [-0.2, -0.15) is 13.2 Å². The van der Waals surface area contributed by atoms with Gasteiger partial charge in [0.1, 0.15) is 5.75 Å². The zero-order valence-corrected chi connectivity index (χ0v) is 15.3. The lowest BCUT2D eigenvalue weighted by Gasteiger charge is -2.35. The Kier molecular flexibility index (Phi) is 6.73. The fourth-order valence-electron chi connectivity index (χ4n) is 3.00. The lowest BCUT2D eigenvalue weighted by Crippen LogP contribution is -2.45. The number of thiophene rings is 1. The normalized spacial score (nSPS) is 17.0. The molecule has 1 aromatic heterocycles. The van der Waals surface area contributed by atoms with Crippen LogP contribution in [-0.2, 0) is 6.18 Å². The van der Waals surface area contributed by atoms with Gasteiger partial charge in [-0.25, -0.2) is 0 Å². The Balaban J connectivity index is 0.00000225.